The quantitative estimate of drug-likeness (QED) is 0.0603. The minimum atomic E-state index is -2.19. The molecule has 14 heteroatoms. The van der Waals surface area contributed by atoms with Crippen LogP contribution in [0.1, 0.15) is 113 Å². The molecular formula is C47H78N2O11Si. The Hall–Kier alpha value is -3.27. The van der Waals surface area contributed by atoms with E-state index in [9.17, 15) is 14.4 Å². The van der Waals surface area contributed by atoms with Gasteiger partial charge in [0.15, 0.2) is 20.7 Å². The Balaban J connectivity index is 2.13. The molecule has 0 aliphatic carbocycles. The molecule has 346 valence electrons. The Morgan fingerprint density at radius 2 is 1.64 bits per heavy atom. The van der Waals surface area contributed by atoms with Gasteiger partial charge < -0.3 is 42.5 Å². The number of esters is 2. The van der Waals surface area contributed by atoms with Gasteiger partial charge in [0.25, 0.3) is 0 Å². The van der Waals surface area contributed by atoms with E-state index in [1.165, 1.54) is 0 Å². The second-order valence-electron chi connectivity index (χ2n) is 20.4. The van der Waals surface area contributed by atoms with E-state index in [0.717, 1.165) is 0 Å². The summed E-state index contributed by atoms with van der Waals surface area (Å²) < 4.78 is 51.1. The fourth-order valence-electron chi connectivity index (χ4n) is 7.67. The predicted molar refractivity (Wildman–Crippen MR) is 239 cm³/mol. The van der Waals surface area contributed by atoms with Gasteiger partial charge in [-0.05, 0) is 105 Å². The zero-order valence-electron chi connectivity index (χ0n) is 40.5. The maximum atomic E-state index is 14.1. The number of carbonyl (C=O) groups excluding carboxylic acids is 3. The van der Waals surface area contributed by atoms with Gasteiger partial charge in [0.1, 0.15) is 11.4 Å². The number of benzene rings is 1. The Morgan fingerprint density at radius 1 is 1.03 bits per heavy atom. The summed E-state index contributed by atoms with van der Waals surface area (Å²) in [5.74, 6) is -2.71. The highest BCUT2D eigenvalue weighted by Gasteiger charge is 2.51. The smallest absolute Gasteiger partial charge is 0.410 e. The van der Waals surface area contributed by atoms with Crippen molar-refractivity contribution >= 4 is 26.3 Å². The molecule has 2 aliphatic rings. The van der Waals surface area contributed by atoms with Crippen LogP contribution in [-0.4, -0.2) is 124 Å². The first-order valence-electron chi connectivity index (χ1n) is 21.6. The molecule has 9 atom stereocenters. The number of rotatable bonds is 18. The molecule has 0 N–H and O–H groups in total. The van der Waals surface area contributed by atoms with E-state index in [0.29, 0.717) is 29.7 Å². The fraction of sp³-hybridized carbons (Fsp3) is 0.723. The van der Waals surface area contributed by atoms with Gasteiger partial charge in [0.05, 0.1) is 47.6 Å². The topological polar surface area (TPSA) is 132 Å². The van der Waals surface area contributed by atoms with Crippen LogP contribution in [0, 0.1) is 11.8 Å². The third kappa shape index (κ3) is 13.9. The minimum absolute atomic E-state index is 0.0399. The number of amides is 1. The first kappa shape index (κ1) is 52.1. The summed E-state index contributed by atoms with van der Waals surface area (Å²) in [7, 11) is 3.29. The molecule has 1 aromatic carbocycles. The van der Waals surface area contributed by atoms with E-state index in [1.54, 1.807) is 63.1 Å². The molecule has 3 rings (SSSR count). The van der Waals surface area contributed by atoms with Gasteiger partial charge in [-0.3, -0.25) is 4.90 Å². The highest BCUT2D eigenvalue weighted by molar-refractivity contribution is 6.74. The van der Waals surface area contributed by atoms with Gasteiger partial charge in [0, 0.05) is 33.4 Å². The zero-order chi connectivity index (χ0) is 46.5. The fourth-order valence-corrected chi connectivity index (χ4v) is 8.69. The lowest BCUT2D eigenvalue weighted by molar-refractivity contribution is -0.298. The molecule has 13 nitrogen and oxygen atoms in total. The second kappa shape index (κ2) is 20.5. The van der Waals surface area contributed by atoms with Crippen molar-refractivity contribution in [2.45, 2.75) is 175 Å². The van der Waals surface area contributed by atoms with Crippen molar-refractivity contribution in [3.8, 4) is 0 Å². The Morgan fingerprint density at radius 3 is 2.16 bits per heavy atom. The van der Waals surface area contributed by atoms with Crippen LogP contribution in [0.25, 0.3) is 0 Å². The van der Waals surface area contributed by atoms with Crippen LogP contribution >= 0.6 is 0 Å². The first-order valence-corrected chi connectivity index (χ1v) is 24.5. The van der Waals surface area contributed by atoms with Crippen molar-refractivity contribution in [1.29, 1.82) is 0 Å². The largest absolute Gasteiger partial charge is 0.456 e. The molecule has 1 aromatic rings. The molecule has 0 radical (unpaired) electrons. The summed E-state index contributed by atoms with van der Waals surface area (Å²) in [5, 5.41) is -0.0399. The van der Waals surface area contributed by atoms with Crippen molar-refractivity contribution in [2.75, 3.05) is 34.4 Å². The van der Waals surface area contributed by atoms with Crippen LogP contribution < -0.4 is 0 Å². The Labute approximate surface area is 367 Å². The van der Waals surface area contributed by atoms with Crippen LogP contribution in [0.4, 0.5) is 4.79 Å². The van der Waals surface area contributed by atoms with Gasteiger partial charge in [-0.25, -0.2) is 14.4 Å². The lowest BCUT2D eigenvalue weighted by Crippen LogP contribution is -2.60. The van der Waals surface area contributed by atoms with Gasteiger partial charge in [-0.1, -0.05) is 58.9 Å². The van der Waals surface area contributed by atoms with Crippen molar-refractivity contribution in [2.24, 2.45) is 11.8 Å². The number of cyclic esters (lactones) is 1. The van der Waals surface area contributed by atoms with E-state index in [-0.39, 0.29) is 36.3 Å². The normalized spacial score (nSPS) is 24.1. The molecule has 0 saturated carbocycles. The average Bonchev–Trinajstić information content (AvgIpc) is 3.14. The van der Waals surface area contributed by atoms with Crippen molar-refractivity contribution in [3.05, 3.63) is 59.9 Å². The standard InChI is InChI=1S/C47H78N2O11Si/c1-20-35(29-54-61(18,19)45(9,10)11)49(43(52)60-44(6,7)8)28-30(2)27-47(14,53-17)39(32(4)37-33(5)40(50)59-46(12,13)58-37)57-42-38(36(48(15)16)26-31(3)55-42)56-41(51)34-24-22-21-23-25-34/h20-25,30-32,35-36,38-39,42H,1,26-29H2,2-19H3/t30-,31?,32+,35?,36?,38?,39-,42?,47?/m1/s1. The Bertz CT molecular complexity index is 1680. The van der Waals surface area contributed by atoms with Crippen molar-refractivity contribution < 1.29 is 52.0 Å². The third-order valence-electron chi connectivity index (χ3n) is 12.1. The monoisotopic (exact) mass is 875 g/mol. The van der Waals surface area contributed by atoms with E-state index >= 15 is 0 Å². The lowest BCUT2D eigenvalue weighted by Gasteiger charge is -2.48. The molecule has 2 aliphatic heterocycles. The summed E-state index contributed by atoms with van der Waals surface area (Å²) in [6.45, 7) is 33.9. The van der Waals surface area contributed by atoms with Crippen LogP contribution in [-0.2, 0) is 42.4 Å². The summed E-state index contributed by atoms with van der Waals surface area (Å²) in [6.07, 6.45) is -0.842. The predicted octanol–water partition coefficient (Wildman–Crippen LogP) is 9.13. The van der Waals surface area contributed by atoms with E-state index in [2.05, 4.69) is 40.4 Å². The average molecular weight is 875 g/mol. The van der Waals surface area contributed by atoms with Gasteiger partial charge in [-0.15, -0.1) is 6.58 Å². The highest BCUT2D eigenvalue weighted by Crippen LogP contribution is 2.42. The first-order chi connectivity index (χ1) is 28.0. The van der Waals surface area contributed by atoms with Gasteiger partial charge >= 0.3 is 18.0 Å². The second-order valence-corrected chi connectivity index (χ2v) is 25.2. The molecule has 0 spiro atoms. The summed E-state index contributed by atoms with van der Waals surface area (Å²) in [6, 6.07) is 8.07. The molecule has 2 heterocycles. The van der Waals surface area contributed by atoms with Crippen molar-refractivity contribution in [3.63, 3.8) is 0 Å². The van der Waals surface area contributed by atoms with Crippen LogP contribution in [0.15, 0.2) is 54.3 Å². The summed E-state index contributed by atoms with van der Waals surface area (Å²) in [5.41, 5.74) is -1.16. The molecule has 0 bridgehead atoms. The third-order valence-corrected chi connectivity index (χ3v) is 16.6. The molecule has 1 saturated heterocycles. The van der Waals surface area contributed by atoms with Crippen LogP contribution in [0.5, 0.6) is 0 Å². The number of nitrogens with zero attached hydrogens (tertiary/aromatic N) is 2. The van der Waals surface area contributed by atoms with Crippen LogP contribution in [0.3, 0.4) is 0 Å². The maximum Gasteiger partial charge on any atom is 0.410 e. The van der Waals surface area contributed by atoms with E-state index in [4.69, 9.17) is 37.6 Å². The molecule has 1 amide bonds. The molecule has 6 unspecified atom stereocenters. The number of carbonyl (C=O) groups is 3. The Kier molecular flexibility index (Phi) is 17.5. The molecular weight excluding hydrogens is 797 g/mol. The number of ether oxygens (including phenoxy) is 7. The maximum absolute atomic E-state index is 14.1. The number of methoxy groups -OCH3 is 1. The summed E-state index contributed by atoms with van der Waals surface area (Å²) >= 11 is 0. The number of hydrogen-bond donors (Lipinski definition) is 0. The highest BCUT2D eigenvalue weighted by atomic mass is 28.4. The SMILES string of the molecule is C=CC(CO[Si](C)(C)C(C)(C)C)N(C[C@H](C)CC(C)(OC)[C@H](OC1OC(C)CC(N(C)C)C1OC(=O)c1ccccc1)[C@@H](C)C1=C(C)C(=O)OC(C)(C)O1)C(=O)OC(C)(C)C. The molecule has 0 aromatic heterocycles. The minimum Gasteiger partial charge on any atom is -0.456 e. The number of hydrogen-bond acceptors (Lipinski definition) is 12. The van der Waals surface area contributed by atoms with E-state index < -0.39 is 73.8 Å². The van der Waals surface area contributed by atoms with Crippen LogP contribution in [0.2, 0.25) is 18.1 Å². The lowest BCUT2D eigenvalue weighted by atomic mass is 9.80. The summed E-state index contributed by atoms with van der Waals surface area (Å²) in [4.78, 5) is 44.7. The van der Waals surface area contributed by atoms with E-state index in [1.807, 2.05) is 73.5 Å². The molecule has 1 fully saturated rings. The van der Waals surface area contributed by atoms with Gasteiger partial charge in [-0.2, -0.15) is 0 Å². The molecule has 61 heavy (non-hydrogen) atoms. The number of likely N-dealkylation sites (N-methyl/N-ethyl adjacent to an activating group) is 1. The van der Waals surface area contributed by atoms with Gasteiger partial charge in [0.2, 0.25) is 5.79 Å². The zero-order valence-corrected chi connectivity index (χ0v) is 41.5. The van der Waals surface area contributed by atoms with Crippen molar-refractivity contribution in [1.82, 2.24) is 9.80 Å².